The van der Waals surface area contributed by atoms with Crippen molar-refractivity contribution < 1.29 is 9.63 Å². The average molecular weight is 181 g/mol. The summed E-state index contributed by atoms with van der Waals surface area (Å²) in [6.07, 6.45) is 0. The van der Waals surface area contributed by atoms with Crippen LogP contribution in [0.15, 0.2) is 6.07 Å². The number of hydrogen-bond donors (Lipinski definition) is 2. The molecule has 13 heavy (non-hydrogen) atoms. The predicted octanol–water partition coefficient (Wildman–Crippen LogP) is 0.0498. The molecule has 0 atom stereocenters. The van der Waals surface area contributed by atoms with E-state index in [2.05, 4.69) is 9.82 Å². The summed E-state index contributed by atoms with van der Waals surface area (Å²) in [5, 5.41) is 0. The monoisotopic (exact) mass is 181 g/mol. The Morgan fingerprint density at radius 3 is 2.62 bits per heavy atom. The quantitative estimate of drug-likeness (QED) is 0.630. The standard InChI is InChI=1S/C8H11N3O2/c1-4-3-6(13-10)7(8(9)12)5(2)11-4/h3H,10H2,1-2H3,(H2,9,12). The summed E-state index contributed by atoms with van der Waals surface area (Å²) >= 11 is 0. The fourth-order valence-electron chi connectivity index (χ4n) is 1.19. The van der Waals surface area contributed by atoms with E-state index < -0.39 is 5.91 Å². The number of amides is 1. The minimum atomic E-state index is -0.592. The molecule has 1 amide bonds. The van der Waals surface area contributed by atoms with E-state index in [9.17, 15) is 4.79 Å². The van der Waals surface area contributed by atoms with Crippen LogP contribution in [-0.2, 0) is 0 Å². The zero-order valence-electron chi connectivity index (χ0n) is 7.50. The molecule has 1 aromatic rings. The second kappa shape index (κ2) is 3.40. The lowest BCUT2D eigenvalue weighted by atomic mass is 10.1. The molecule has 0 spiro atoms. The molecule has 0 saturated carbocycles. The number of carbonyl (C=O) groups excluding carboxylic acids is 1. The smallest absolute Gasteiger partial charge is 0.254 e. The van der Waals surface area contributed by atoms with Crippen LogP contribution >= 0.6 is 0 Å². The predicted molar refractivity (Wildman–Crippen MR) is 47.0 cm³/mol. The summed E-state index contributed by atoms with van der Waals surface area (Å²) in [5.41, 5.74) is 6.60. The summed E-state index contributed by atoms with van der Waals surface area (Å²) in [6, 6.07) is 1.56. The molecular formula is C8H11N3O2. The van der Waals surface area contributed by atoms with Crippen molar-refractivity contribution >= 4 is 5.91 Å². The van der Waals surface area contributed by atoms with Crippen LogP contribution in [0.2, 0.25) is 0 Å². The molecule has 0 fully saturated rings. The Kier molecular flexibility index (Phi) is 2.48. The lowest BCUT2D eigenvalue weighted by molar-refractivity contribution is 0.0995. The third kappa shape index (κ3) is 1.75. The fourth-order valence-corrected chi connectivity index (χ4v) is 1.19. The molecule has 0 aliphatic rings. The molecule has 0 unspecified atom stereocenters. The number of pyridine rings is 1. The van der Waals surface area contributed by atoms with Crippen molar-refractivity contribution in [2.24, 2.45) is 11.6 Å². The molecule has 0 aliphatic carbocycles. The molecule has 0 aliphatic heterocycles. The van der Waals surface area contributed by atoms with E-state index in [1.165, 1.54) is 0 Å². The number of aromatic nitrogens is 1. The van der Waals surface area contributed by atoms with E-state index in [1.54, 1.807) is 19.9 Å². The molecule has 0 saturated heterocycles. The molecule has 5 nitrogen and oxygen atoms in total. The third-order valence-corrected chi connectivity index (χ3v) is 1.67. The maximum Gasteiger partial charge on any atom is 0.254 e. The van der Waals surface area contributed by atoms with Gasteiger partial charge < -0.3 is 10.6 Å². The molecule has 0 radical (unpaired) electrons. The van der Waals surface area contributed by atoms with Gasteiger partial charge in [-0.05, 0) is 13.8 Å². The van der Waals surface area contributed by atoms with Crippen LogP contribution in [-0.4, -0.2) is 10.9 Å². The van der Waals surface area contributed by atoms with Crippen LogP contribution in [0, 0.1) is 13.8 Å². The Labute approximate surface area is 75.7 Å². The van der Waals surface area contributed by atoms with Crippen LogP contribution in [0.3, 0.4) is 0 Å². The largest absolute Gasteiger partial charge is 0.411 e. The number of rotatable bonds is 2. The Balaban J connectivity index is 3.38. The van der Waals surface area contributed by atoms with Crippen LogP contribution in [0.1, 0.15) is 21.7 Å². The number of primary amides is 1. The second-order valence-electron chi connectivity index (χ2n) is 2.70. The van der Waals surface area contributed by atoms with Gasteiger partial charge in [-0.25, -0.2) is 0 Å². The van der Waals surface area contributed by atoms with Gasteiger partial charge >= 0.3 is 0 Å². The van der Waals surface area contributed by atoms with Gasteiger partial charge in [-0.2, -0.15) is 5.90 Å². The molecule has 0 aromatic carbocycles. The maximum atomic E-state index is 11.0. The molecule has 70 valence electrons. The van der Waals surface area contributed by atoms with Gasteiger partial charge in [0.1, 0.15) is 5.56 Å². The summed E-state index contributed by atoms with van der Waals surface area (Å²) in [5.74, 6) is 4.66. The highest BCUT2D eigenvalue weighted by Gasteiger charge is 2.14. The fraction of sp³-hybridized carbons (Fsp3) is 0.250. The molecule has 4 N–H and O–H groups in total. The SMILES string of the molecule is Cc1cc(ON)c(C(N)=O)c(C)n1. The number of hydrogen-bond acceptors (Lipinski definition) is 4. The molecule has 1 heterocycles. The molecule has 0 bridgehead atoms. The molecule has 5 heteroatoms. The van der Waals surface area contributed by atoms with Crippen molar-refractivity contribution in [3.8, 4) is 5.75 Å². The van der Waals surface area contributed by atoms with Crippen LogP contribution < -0.4 is 16.5 Å². The van der Waals surface area contributed by atoms with Gasteiger partial charge in [0.15, 0.2) is 5.75 Å². The zero-order valence-corrected chi connectivity index (χ0v) is 7.50. The van der Waals surface area contributed by atoms with Crippen LogP contribution in [0.25, 0.3) is 0 Å². The first-order valence-corrected chi connectivity index (χ1v) is 3.71. The van der Waals surface area contributed by atoms with Gasteiger partial charge in [-0.3, -0.25) is 9.78 Å². The van der Waals surface area contributed by atoms with E-state index in [4.69, 9.17) is 11.6 Å². The number of nitrogens with zero attached hydrogens (tertiary/aromatic N) is 1. The zero-order chi connectivity index (χ0) is 10.0. The normalized spacial score (nSPS) is 9.77. The first kappa shape index (κ1) is 9.47. The van der Waals surface area contributed by atoms with Gasteiger partial charge in [0.2, 0.25) is 0 Å². The number of nitrogens with two attached hydrogens (primary N) is 2. The van der Waals surface area contributed by atoms with E-state index in [-0.39, 0.29) is 11.3 Å². The van der Waals surface area contributed by atoms with Crippen LogP contribution in [0.4, 0.5) is 0 Å². The van der Waals surface area contributed by atoms with Crippen molar-refractivity contribution in [2.75, 3.05) is 0 Å². The van der Waals surface area contributed by atoms with E-state index in [0.29, 0.717) is 5.69 Å². The maximum absolute atomic E-state index is 11.0. The molecule has 1 rings (SSSR count). The highest BCUT2D eigenvalue weighted by atomic mass is 16.6. The van der Waals surface area contributed by atoms with Gasteiger partial charge in [0, 0.05) is 11.8 Å². The Morgan fingerprint density at radius 2 is 2.15 bits per heavy atom. The van der Waals surface area contributed by atoms with Crippen molar-refractivity contribution in [1.29, 1.82) is 0 Å². The van der Waals surface area contributed by atoms with E-state index in [1.807, 2.05) is 0 Å². The first-order valence-electron chi connectivity index (χ1n) is 3.71. The lowest BCUT2D eigenvalue weighted by Gasteiger charge is -2.07. The summed E-state index contributed by atoms with van der Waals surface area (Å²) < 4.78 is 0. The van der Waals surface area contributed by atoms with Crippen molar-refractivity contribution in [3.63, 3.8) is 0 Å². The average Bonchev–Trinajstić information content (AvgIpc) is 2.01. The third-order valence-electron chi connectivity index (χ3n) is 1.67. The Hall–Kier alpha value is -1.62. The Bertz CT molecular complexity index is 349. The number of aryl methyl sites for hydroxylation is 2. The van der Waals surface area contributed by atoms with Crippen molar-refractivity contribution in [2.45, 2.75) is 13.8 Å². The molecular weight excluding hydrogens is 170 g/mol. The highest BCUT2D eigenvalue weighted by molar-refractivity contribution is 5.96. The van der Waals surface area contributed by atoms with Gasteiger partial charge in [-0.15, -0.1) is 0 Å². The minimum Gasteiger partial charge on any atom is -0.411 e. The Morgan fingerprint density at radius 1 is 1.54 bits per heavy atom. The van der Waals surface area contributed by atoms with E-state index >= 15 is 0 Å². The summed E-state index contributed by atoms with van der Waals surface area (Å²) in [6.45, 7) is 3.45. The first-order chi connectivity index (χ1) is 6.06. The van der Waals surface area contributed by atoms with Crippen molar-refractivity contribution in [1.82, 2.24) is 4.98 Å². The van der Waals surface area contributed by atoms with Gasteiger partial charge in [-0.1, -0.05) is 0 Å². The minimum absolute atomic E-state index is 0.230. The van der Waals surface area contributed by atoms with Gasteiger partial charge in [0.05, 0.1) is 5.69 Å². The second-order valence-corrected chi connectivity index (χ2v) is 2.70. The highest BCUT2D eigenvalue weighted by Crippen LogP contribution is 2.20. The van der Waals surface area contributed by atoms with E-state index in [0.717, 1.165) is 5.69 Å². The number of carbonyl (C=O) groups is 1. The topological polar surface area (TPSA) is 91.2 Å². The summed E-state index contributed by atoms with van der Waals surface area (Å²) in [7, 11) is 0. The lowest BCUT2D eigenvalue weighted by Crippen LogP contribution is -2.17. The van der Waals surface area contributed by atoms with Crippen molar-refractivity contribution in [3.05, 3.63) is 23.0 Å². The van der Waals surface area contributed by atoms with Crippen LogP contribution in [0.5, 0.6) is 5.75 Å². The van der Waals surface area contributed by atoms with Gasteiger partial charge in [0.25, 0.3) is 5.91 Å². The summed E-state index contributed by atoms with van der Waals surface area (Å²) in [4.78, 5) is 19.6. The molecule has 1 aromatic heterocycles.